The van der Waals surface area contributed by atoms with E-state index in [9.17, 15) is 5.11 Å². The fourth-order valence-corrected chi connectivity index (χ4v) is 1.82. The first-order chi connectivity index (χ1) is 9.22. The van der Waals surface area contributed by atoms with E-state index in [4.69, 9.17) is 4.74 Å². The lowest BCUT2D eigenvalue weighted by Gasteiger charge is -2.20. The standard InChI is InChI=1S/C15H26N2O2/c1-3-4-11-19-13-15(18)12-17(2)10-8-14-7-5-6-9-16-14/h5-7,9,15,18H,3-4,8,10-13H2,1-2H3. The Kier molecular flexibility index (Phi) is 8.38. The molecule has 0 aliphatic carbocycles. The highest BCUT2D eigenvalue weighted by atomic mass is 16.5. The van der Waals surface area contributed by atoms with Crippen molar-refractivity contribution in [2.24, 2.45) is 0 Å². The number of pyridine rings is 1. The number of aliphatic hydroxyl groups excluding tert-OH is 1. The average Bonchev–Trinajstić information content (AvgIpc) is 2.42. The molecule has 1 rings (SSSR count). The van der Waals surface area contributed by atoms with Crippen molar-refractivity contribution in [2.75, 3.05) is 33.4 Å². The first kappa shape index (κ1) is 16.1. The van der Waals surface area contributed by atoms with E-state index in [1.165, 1.54) is 0 Å². The molecule has 0 bridgehead atoms. The van der Waals surface area contributed by atoms with Gasteiger partial charge in [0.1, 0.15) is 0 Å². The molecule has 1 aromatic heterocycles. The Labute approximate surface area is 116 Å². The van der Waals surface area contributed by atoms with Crippen LogP contribution in [0.5, 0.6) is 0 Å². The van der Waals surface area contributed by atoms with E-state index < -0.39 is 6.10 Å². The van der Waals surface area contributed by atoms with Gasteiger partial charge >= 0.3 is 0 Å². The molecule has 4 heteroatoms. The minimum absolute atomic E-state index is 0.411. The zero-order valence-electron chi connectivity index (χ0n) is 12.1. The van der Waals surface area contributed by atoms with Gasteiger partial charge in [0.25, 0.3) is 0 Å². The van der Waals surface area contributed by atoms with E-state index in [2.05, 4.69) is 16.8 Å². The number of nitrogens with zero attached hydrogens (tertiary/aromatic N) is 2. The summed E-state index contributed by atoms with van der Waals surface area (Å²) in [5.74, 6) is 0. The molecule has 0 aliphatic rings. The van der Waals surface area contributed by atoms with E-state index in [1.54, 1.807) is 0 Å². The third-order valence-electron chi connectivity index (χ3n) is 2.95. The highest BCUT2D eigenvalue weighted by Crippen LogP contribution is 1.98. The van der Waals surface area contributed by atoms with Gasteiger partial charge in [-0.05, 0) is 25.6 Å². The largest absolute Gasteiger partial charge is 0.389 e. The van der Waals surface area contributed by atoms with Crippen molar-refractivity contribution >= 4 is 0 Å². The number of unbranched alkanes of at least 4 members (excludes halogenated alkanes) is 1. The molecule has 0 saturated heterocycles. The summed E-state index contributed by atoms with van der Waals surface area (Å²) >= 11 is 0. The van der Waals surface area contributed by atoms with Crippen LogP contribution in [0.15, 0.2) is 24.4 Å². The molecule has 1 aromatic rings. The number of likely N-dealkylation sites (N-methyl/N-ethyl adjacent to an activating group) is 1. The molecule has 0 spiro atoms. The summed E-state index contributed by atoms with van der Waals surface area (Å²) in [6.45, 7) is 4.83. The van der Waals surface area contributed by atoms with E-state index in [0.29, 0.717) is 13.2 Å². The van der Waals surface area contributed by atoms with Crippen LogP contribution in [0.3, 0.4) is 0 Å². The maximum atomic E-state index is 9.83. The molecular formula is C15H26N2O2. The summed E-state index contributed by atoms with van der Waals surface area (Å²) in [6, 6.07) is 5.95. The monoisotopic (exact) mass is 266 g/mol. The van der Waals surface area contributed by atoms with Gasteiger partial charge in [-0.3, -0.25) is 4.98 Å². The van der Waals surface area contributed by atoms with E-state index in [0.717, 1.165) is 38.1 Å². The van der Waals surface area contributed by atoms with E-state index >= 15 is 0 Å². The minimum Gasteiger partial charge on any atom is -0.389 e. The average molecular weight is 266 g/mol. The zero-order chi connectivity index (χ0) is 13.9. The van der Waals surface area contributed by atoms with Gasteiger partial charge in [-0.15, -0.1) is 0 Å². The number of rotatable bonds is 10. The lowest BCUT2D eigenvalue weighted by Crippen LogP contribution is -2.33. The zero-order valence-corrected chi connectivity index (χ0v) is 12.1. The van der Waals surface area contributed by atoms with Crippen molar-refractivity contribution in [2.45, 2.75) is 32.3 Å². The highest BCUT2D eigenvalue weighted by Gasteiger charge is 2.08. The van der Waals surface area contributed by atoms with Gasteiger partial charge in [-0.25, -0.2) is 0 Å². The van der Waals surface area contributed by atoms with Gasteiger partial charge in [-0.2, -0.15) is 0 Å². The maximum absolute atomic E-state index is 9.83. The molecule has 1 N–H and O–H groups in total. The predicted molar refractivity (Wildman–Crippen MR) is 77.2 cm³/mol. The van der Waals surface area contributed by atoms with Crippen LogP contribution in [0.4, 0.5) is 0 Å². The van der Waals surface area contributed by atoms with Crippen LogP contribution in [0.2, 0.25) is 0 Å². The summed E-state index contributed by atoms with van der Waals surface area (Å²) in [7, 11) is 2.01. The second-order valence-corrected chi connectivity index (χ2v) is 4.92. The number of aromatic nitrogens is 1. The third kappa shape index (κ3) is 7.93. The van der Waals surface area contributed by atoms with E-state index in [1.807, 2.05) is 31.4 Å². The molecule has 0 radical (unpaired) electrons. The number of hydrogen-bond donors (Lipinski definition) is 1. The highest BCUT2D eigenvalue weighted by molar-refractivity contribution is 5.03. The Morgan fingerprint density at radius 3 is 2.95 bits per heavy atom. The molecule has 1 atom stereocenters. The van der Waals surface area contributed by atoms with Gasteiger partial charge < -0.3 is 14.7 Å². The molecule has 0 fully saturated rings. The SMILES string of the molecule is CCCCOCC(O)CN(C)CCc1ccccn1. The summed E-state index contributed by atoms with van der Waals surface area (Å²) < 4.78 is 5.41. The fraction of sp³-hybridized carbons (Fsp3) is 0.667. The van der Waals surface area contributed by atoms with Crippen LogP contribution in [-0.4, -0.2) is 54.4 Å². The molecule has 0 aliphatic heterocycles. The van der Waals surface area contributed by atoms with Gasteiger partial charge in [0.15, 0.2) is 0 Å². The molecule has 4 nitrogen and oxygen atoms in total. The Morgan fingerprint density at radius 2 is 2.26 bits per heavy atom. The van der Waals surface area contributed by atoms with Crippen molar-refractivity contribution in [3.05, 3.63) is 30.1 Å². The van der Waals surface area contributed by atoms with Crippen molar-refractivity contribution < 1.29 is 9.84 Å². The van der Waals surface area contributed by atoms with Gasteiger partial charge in [-0.1, -0.05) is 19.4 Å². The van der Waals surface area contributed by atoms with Gasteiger partial charge in [0.2, 0.25) is 0 Å². The van der Waals surface area contributed by atoms with Crippen molar-refractivity contribution in [1.29, 1.82) is 0 Å². The number of hydrogen-bond acceptors (Lipinski definition) is 4. The molecule has 0 amide bonds. The summed E-state index contributed by atoms with van der Waals surface area (Å²) in [5, 5.41) is 9.83. The quantitative estimate of drug-likeness (QED) is 0.655. The normalized spacial score (nSPS) is 12.8. The maximum Gasteiger partial charge on any atom is 0.0900 e. The van der Waals surface area contributed by atoms with E-state index in [-0.39, 0.29) is 0 Å². The molecular weight excluding hydrogens is 240 g/mol. The van der Waals surface area contributed by atoms with Crippen molar-refractivity contribution in [1.82, 2.24) is 9.88 Å². The lowest BCUT2D eigenvalue weighted by atomic mass is 10.2. The number of ether oxygens (including phenoxy) is 1. The molecule has 108 valence electrons. The predicted octanol–water partition coefficient (Wildman–Crippen LogP) is 1.73. The van der Waals surface area contributed by atoms with Gasteiger partial charge in [0.05, 0.1) is 12.7 Å². The van der Waals surface area contributed by atoms with Crippen LogP contribution in [-0.2, 0) is 11.2 Å². The second kappa shape index (κ2) is 9.89. The Bertz CT molecular complexity index is 319. The fourth-order valence-electron chi connectivity index (χ4n) is 1.82. The first-order valence-electron chi connectivity index (χ1n) is 7.06. The molecule has 0 aromatic carbocycles. The molecule has 0 saturated carbocycles. The van der Waals surface area contributed by atoms with Crippen LogP contribution < -0.4 is 0 Å². The summed E-state index contributed by atoms with van der Waals surface area (Å²) in [5.41, 5.74) is 1.09. The van der Waals surface area contributed by atoms with Crippen LogP contribution in [0, 0.1) is 0 Å². The first-order valence-corrected chi connectivity index (χ1v) is 7.06. The minimum atomic E-state index is -0.411. The summed E-state index contributed by atoms with van der Waals surface area (Å²) in [4.78, 5) is 6.40. The van der Waals surface area contributed by atoms with Crippen LogP contribution in [0.1, 0.15) is 25.5 Å². The molecule has 1 unspecified atom stereocenters. The molecule has 19 heavy (non-hydrogen) atoms. The van der Waals surface area contributed by atoms with Gasteiger partial charge in [0, 0.05) is 38.0 Å². The Morgan fingerprint density at radius 1 is 1.42 bits per heavy atom. The van der Waals surface area contributed by atoms with Crippen LogP contribution >= 0.6 is 0 Å². The number of aliphatic hydroxyl groups is 1. The Balaban J connectivity index is 2.11. The second-order valence-electron chi connectivity index (χ2n) is 4.92. The Hall–Kier alpha value is -0.970. The summed E-state index contributed by atoms with van der Waals surface area (Å²) in [6.07, 6.45) is 4.49. The topological polar surface area (TPSA) is 45.6 Å². The molecule has 1 heterocycles. The lowest BCUT2D eigenvalue weighted by molar-refractivity contribution is 0.0200. The smallest absolute Gasteiger partial charge is 0.0900 e. The van der Waals surface area contributed by atoms with Crippen molar-refractivity contribution in [3.8, 4) is 0 Å². The third-order valence-corrected chi connectivity index (χ3v) is 2.95. The van der Waals surface area contributed by atoms with Crippen LogP contribution in [0.25, 0.3) is 0 Å². The van der Waals surface area contributed by atoms with Crippen molar-refractivity contribution in [3.63, 3.8) is 0 Å².